The largest absolute Gasteiger partial charge is 0.297 e. The van der Waals surface area contributed by atoms with Crippen molar-refractivity contribution in [3.8, 4) is 0 Å². The SMILES string of the molecule is CCCCOOCC(C)=O. The van der Waals surface area contributed by atoms with Crippen LogP contribution in [0.5, 0.6) is 0 Å². The minimum atomic E-state index is -0.0171. The van der Waals surface area contributed by atoms with Crippen molar-refractivity contribution in [1.82, 2.24) is 0 Å². The first-order valence-electron chi connectivity index (χ1n) is 3.51. The van der Waals surface area contributed by atoms with E-state index in [0.717, 1.165) is 12.8 Å². The monoisotopic (exact) mass is 146 g/mol. The summed E-state index contributed by atoms with van der Waals surface area (Å²) < 4.78 is 0. The molecule has 10 heavy (non-hydrogen) atoms. The topological polar surface area (TPSA) is 35.5 Å². The third-order valence-corrected chi connectivity index (χ3v) is 0.927. The summed E-state index contributed by atoms with van der Waals surface area (Å²) in [4.78, 5) is 19.5. The van der Waals surface area contributed by atoms with E-state index < -0.39 is 0 Å². The van der Waals surface area contributed by atoms with E-state index in [1.54, 1.807) is 0 Å². The molecule has 0 bridgehead atoms. The zero-order valence-corrected chi connectivity index (χ0v) is 6.55. The summed E-state index contributed by atoms with van der Waals surface area (Å²) in [6.07, 6.45) is 2.04. The van der Waals surface area contributed by atoms with E-state index in [9.17, 15) is 4.79 Å². The van der Waals surface area contributed by atoms with Gasteiger partial charge in [-0.05, 0) is 13.3 Å². The predicted molar refractivity (Wildman–Crippen MR) is 37.5 cm³/mol. The van der Waals surface area contributed by atoms with E-state index in [0.29, 0.717) is 6.61 Å². The number of Topliss-reactive ketones (excluding diaryl/α,β-unsaturated/α-hetero) is 1. The zero-order chi connectivity index (χ0) is 7.82. The number of hydrogen-bond donors (Lipinski definition) is 0. The fourth-order valence-electron chi connectivity index (χ4n) is 0.387. The number of rotatable bonds is 6. The summed E-state index contributed by atoms with van der Waals surface area (Å²) in [5.41, 5.74) is 0. The Bertz CT molecular complexity index is 90.9. The van der Waals surface area contributed by atoms with Crippen LogP contribution in [0.25, 0.3) is 0 Å². The second-order valence-electron chi connectivity index (χ2n) is 2.14. The van der Waals surface area contributed by atoms with Crippen molar-refractivity contribution >= 4 is 5.78 Å². The number of hydrogen-bond acceptors (Lipinski definition) is 3. The summed E-state index contributed by atoms with van der Waals surface area (Å²) in [6.45, 7) is 4.16. The first-order chi connectivity index (χ1) is 4.77. The molecule has 0 N–H and O–H groups in total. The second kappa shape index (κ2) is 6.71. The first-order valence-corrected chi connectivity index (χ1v) is 3.51. The van der Waals surface area contributed by atoms with Gasteiger partial charge in [-0.3, -0.25) is 4.79 Å². The van der Waals surface area contributed by atoms with Crippen molar-refractivity contribution in [1.29, 1.82) is 0 Å². The van der Waals surface area contributed by atoms with Crippen LogP contribution in [0.4, 0.5) is 0 Å². The molecule has 0 aromatic rings. The fraction of sp³-hybridized carbons (Fsp3) is 0.857. The van der Waals surface area contributed by atoms with E-state index in [1.807, 2.05) is 0 Å². The average molecular weight is 146 g/mol. The highest BCUT2D eigenvalue weighted by Gasteiger charge is 1.92. The maximum absolute atomic E-state index is 10.3. The van der Waals surface area contributed by atoms with Crippen molar-refractivity contribution in [2.75, 3.05) is 13.2 Å². The molecule has 0 aliphatic carbocycles. The van der Waals surface area contributed by atoms with Gasteiger partial charge >= 0.3 is 0 Å². The third kappa shape index (κ3) is 7.59. The van der Waals surface area contributed by atoms with Crippen LogP contribution in [0.3, 0.4) is 0 Å². The molecule has 0 aromatic heterocycles. The molecule has 0 amide bonds. The summed E-state index contributed by atoms with van der Waals surface area (Å²) in [7, 11) is 0. The van der Waals surface area contributed by atoms with Crippen molar-refractivity contribution in [2.45, 2.75) is 26.7 Å². The van der Waals surface area contributed by atoms with E-state index in [-0.39, 0.29) is 12.4 Å². The number of unbranched alkanes of at least 4 members (excludes halogenated alkanes) is 1. The van der Waals surface area contributed by atoms with E-state index in [4.69, 9.17) is 0 Å². The molecule has 0 aliphatic rings. The average Bonchev–Trinajstić information content (AvgIpc) is 1.87. The molecule has 0 heterocycles. The van der Waals surface area contributed by atoms with Gasteiger partial charge in [0.2, 0.25) is 0 Å². The second-order valence-corrected chi connectivity index (χ2v) is 2.14. The molecule has 0 radical (unpaired) electrons. The molecule has 0 fully saturated rings. The van der Waals surface area contributed by atoms with Crippen LogP contribution in [0.2, 0.25) is 0 Å². The Morgan fingerprint density at radius 3 is 2.60 bits per heavy atom. The highest BCUT2D eigenvalue weighted by Crippen LogP contribution is 1.88. The van der Waals surface area contributed by atoms with Crippen LogP contribution in [-0.2, 0) is 14.6 Å². The summed E-state index contributed by atoms with van der Waals surface area (Å²) in [5.74, 6) is -0.0171. The highest BCUT2D eigenvalue weighted by atomic mass is 17.2. The van der Waals surface area contributed by atoms with Crippen LogP contribution in [0, 0.1) is 0 Å². The standard InChI is InChI=1S/C7H14O3/c1-3-4-5-9-10-6-7(2)8/h3-6H2,1-2H3. The molecule has 0 saturated heterocycles. The Hall–Kier alpha value is -0.410. The Morgan fingerprint density at radius 2 is 2.10 bits per heavy atom. The summed E-state index contributed by atoms with van der Waals surface area (Å²) >= 11 is 0. The normalized spacial score (nSPS) is 9.80. The smallest absolute Gasteiger partial charge is 0.158 e. The number of ketones is 1. The zero-order valence-electron chi connectivity index (χ0n) is 6.55. The van der Waals surface area contributed by atoms with Crippen molar-refractivity contribution in [3.63, 3.8) is 0 Å². The van der Waals surface area contributed by atoms with Crippen LogP contribution < -0.4 is 0 Å². The van der Waals surface area contributed by atoms with Gasteiger partial charge in [-0.15, -0.1) is 0 Å². The van der Waals surface area contributed by atoms with Gasteiger partial charge in [0.25, 0.3) is 0 Å². The van der Waals surface area contributed by atoms with E-state index >= 15 is 0 Å². The van der Waals surface area contributed by atoms with Crippen LogP contribution in [-0.4, -0.2) is 19.0 Å². The molecule has 0 rings (SSSR count). The first kappa shape index (κ1) is 9.59. The van der Waals surface area contributed by atoms with E-state index in [1.165, 1.54) is 6.92 Å². The Labute approximate surface area is 61.2 Å². The Kier molecular flexibility index (Phi) is 6.43. The summed E-state index contributed by atoms with van der Waals surface area (Å²) in [5, 5.41) is 0. The molecule has 0 saturated carbocycles. The van der Waals surface area contributed by atoms with Gasteiger partial charge in [-0.1, -0.05) is 13.3 Å². The lowest BCUT2D eigenvalue weighted by atomic mass is 10.4. The van der Waals surface area contributed by atoms with Crippen LogP contribution in [0.15, 0.2) is 0 Å². The molecule has 0 spiro atoms. The molecule has 3 nitrogen and oxygen atoms in total. The Balaban J connectivity index is 2.84. The lowest BCUT2D eigenvalue weighted by molar-refractivity contribution is -0.288. The van der Waals surface area contributed by atoms with Gasteiger partial charge in [0.05, 0.1) is 6.61 Å². The molecule has 0 aliphatic heterocycles. The molecular formula is C7H14O3. The number of carbonyl (C=O) groups is 1. The minimum absolute atomic E-state index is 0.0171. The maximum atomic E-state index is 10.3. The third-order valence-electron chi connectivity index (χ3n) is 0.927. The minimum Gasteiger partial charge on any atom is -0.297 e. The van der Waals surface area contributed by atoms with Crippen molar-refractivity contribution < 1.29 is 14.6 Å². The molecule has 0 aromatic carbocycles. The predicted octanol–water partition coefficient (Wildman–Crippen LogP) is 1.32. The molecule has 0 unspecified atom stereocenters. The van der Waals surface area contributed by atoms with Gasteiger partial charge in [0, 0.05) is 0 Å². The lowest BCUT2D eigenvalue weighted by Gasteiger charge is -1.99. The van der Waals surface area contributed by atoms with Gasteiger partial charge in [0.1, 0.15) is 6.61 Å². The summed E-state index contributed by atoms with van der Waals surface area (Å²) in [6, 6.07) is 0. The van der Waals surface area contributed by atoms with Gasteiger partial charge in [-0.2, -0.15) is 0 Å². The highest BCUT2D eigenvalue weighted by molar-refractivity contribution is 5.76. The van der Waals surface area contributed by atoms with Gasteiger partial charge in [-0.25, -0.2) is 9.78 Å². The van der Waals surface area contributed by atoms with E-state index in [2.05, 4.69) is 16.7 Å². The maximum Gasteiger partial charge on any atom is 0.158 e. The molecule has 60 valence electrons. The number of carbonyl (C=O) groups excluding carboxylic acids is 1. The lowest BCUT2D eigenvalue weighted by Crippen LogP contribution is -2.05. The van der Waals surface area contributed by atoms with Gasteiger partial charge < -0.3 is 0 Å². The Morgan fingerprint density at radius 1 is 1.40 bits per heavy atom. The fourth-order valence-corrected chi connectivity index (χ4v) is 0.387. The van der Waals surface area contributed by atoms with Crippen molar-refractivity contribution in [3.05, 3.63) is 0 Å². The molecular weight excluding hydrogens is 132 g/mol. The van der Waals surface area contributed by atoms with Gasteiger partial charge in [0.15, 0.2) is 5.78 Å². The van der Waals surface area contributed by atoms with Crippen LogP contribution in [0.1, 0.15) is 26.7 Å². The molecule has 0 atom stereocenters. The van der Waals surface area contributed by atoms with Crippen LogP contribution >= 0.6 is 0 Å². The quantitative estimate of drug-likeness (QED) is 0.322. The molecule has 3 heteroatoms. The van der Waals surface area contributed by atoms with Crippen molar-refractivity contribution in [2.24, 2.45) is 0 Å².